The third kappa shape index (κ3) is 34.9. The monoisotopic (exact) mass is 2320 g/mol. The Labute approximate surface area is 639 Å². The largest absolute Gasteiger partial charge is 2.00 e. The summed E-state index contributed by atoms with van der Waals surface area (Å²) >= 11 is -0.472. The van der Waals surface area contributed by atoms with Gasteiger partial charge in [-0.05, 0) is 107 Å². The maximum absolute atomic E-state index is 12.2. The summed E-state index contributed by atoms with van der Waals surface area (Å²) in [6.45, 7) is 11.6. The quantitative estimate of drug-likeness (QED) is 0.145. The maximum atomic E-state index is 12.2. The summed E-state index contributed by atoms with van der Waals surface area (Å²) in [6, 6.07) is 40.1. The zero-order chi connectivity index (χ0) is 69.8. The molecule has 0 N–H and O–H groups in total. The first-order valence-electron chi connectivity index (χ1n) is 27.1. The average Bonchev–Trinajstić information content (AvgIpc) is 1.72. The van der Waals surface area contributed by atoms with E-state index in [2.05, 4.69) is 117 Å². The Bertz CT molecular complexity index is 3840. The van der Waals surface area contributed by atoms with Crippen molar-refractivity contribution in [3.05, 3.63) is 253 Å². The molecule has 0 unspecified atom stereocenters. The zero-order valence-electron chi connectivity index (χ0n) is 52.1. The van der Waals surface area contributed by atoms with Gasteiger partial charge in [0.1, 0.15) is 17.1 Å². The van der Waals surface area contributed by atoms with Crippen molar-refractivity contribution < 1.29 is 140 Å². The smallest absolute Gasteiger partial charge is 0.582 e. The molecule has 0 atom stereocenters. The van der Waals surface area contributed by atoms with E-state index in [-0.39, 0.29) is 101 Å². The molecule has 0 radical (unpaired) electrons. The van der Waals surface area contributed by atoms with Crippen LogP contribution in [0.2, 0.25) is 0 Å². The Balaban J connectivity index is 0.000000568. The number of hydrogen-bond donors (Lipinski definition) is 0. The zero-order valence-corrected chi connectivity index (χ0v) is 65.0. The van der Waals surface area contributed by atoms with Crippen LogP contribution < -0.4 is 45.9 Å². The van der Waals surface area contributed by atoms with Crippen molar-refractivity contribution >= 4 is 18.8 Å². The third-order valence-corrected chi connectivity index (χ3v) is 10.8. The van der Waals surface area contributed by atoms with Crippen molar-refractivity contribution in [1.82, 2.24) is 117 Å². The summed E-state index contributed by atoms with van der Waals surface area (Å²) in [4.78, 5) is 19.9. The number of pyridine rings is 5. The van der Waals surface area contributed by atoms with Crippen molar-refractivity contribution in [3.63, 3.8) is 0 Å². The van der Waals surface area contributed by atoms with Gasteiger partial charge in [0.2, 0.25) is 0 Å². The van der Waals surface area contributed by atoms with Gasteiger partial charge in [0.15, 0.2) is 0 Å². The number of halogens is 11. The molecule has 0 spiro atoms. The minimum absolute atomic E-state index is 0. The van der Waals surface area contributed by atoms with Gasteiger partial charge in [0.05, 0.1) is 0 Å². The molecule has 0 saturated heterocycles. The topological polar surface area (TPSA) is 307 Å². The van der Waals surface area contributed by atoms with Crippen LogP contribution in [-0.2, 0) is 119 Å². The van der Waals surface area contributed by atoms with Crippen molar-refractivity contribution in [3.8, 4) is 56.9 Å². The van der Waals surface area contributed by atoms with Gasteiger partial charge in [-0.1, -0.05) is 109 Å². The number of aromatic nitrogens is 23. The standard InChI is InChI=1S/3C9H5F3N3.2C9H8N3.2C5H7N2.2C3H3N2.2ClH.5Pt/c3*10-9(11,12)8-5-7(14-15-8)6-3-1-2-4-13-6;2*1-7-6-9(12-11-7)8-4-2-3-5-10-8;2*1-4-3-5(2)7-6-4;2*1-2-4-5-3-1;;;;;;;/h3*1-5H;2*2-6H,1H3;2*3H,1-2H3;2*1-3H;2*1H;;;;;/q9*-1;;;5*+2/p-2. The van der Waals surface area contributed by atoms with Gasteiger partial charge in [-0.15, -0.1) is 11.4 Å². The molecule has 39 heteroatoms. The van der Waals surface area contributed by atoms with Crippen LogP contribution in [0.25, 0.3) is 56.9 Å². The van der Waals surface area contributed by atoms with E-state index in [4.69, 9.17) is 18.8 Å². The molecule has 14 heterocycles. The fraction of sp³-hybridized carbons (Fsp3) is 0.148. The predicted molar refractivity (Wildman–Crippen MR) is 329 cm³/mol. The van der Waals surface area contributed by atoms with E-state index in [0.29, 0.717) is 17.1 Å². The molecule has 14 aromatic heterocycles. The molecule has 14 rings (SSSR count). The van der Waals surface area contributed by atoms with Crippen LogP contribution in [0.3, 0.4) is 0 Å². The normalized spacial score (nSPS) is 10.0. The second-order valence-electron chi connectivity index (χ2n) is 18.4. The van der Waals surface area contributed by atoms with Crippen LogP contribution in [0.1, 0.15) is 51.2 Å². The molecule has 23 nitrogen and oxygen atoms in total. The van der Waals surface area contributed by atoms with E-state index >= 15 is 0 Å². The predicted octanol–water partition coefficient (Wildman–Crippen LogP) is 11.9. The summed E-state index contributed by atoms with van der Waals surface area (Å²) in [5.41, 5.74) is 7.79. The van der Waals surface area contributed by atoms with E-state index in [1.807, 2.05) is 102 Å². The molecule has 14 aromatic rings. The Morgan fingerprint density at radius 2 is 0.530 bits per heavy atom. The van der Waals surface area contributed by atoms with Crippen LogP contribution in [0.15, 0.2) is 201 Å². The maximum Gasteiger partial charge on any atom is 2.00 e. The second kappa shape index (κ2) is 48.0. The number of alkyl halides is 9. The second-order valence-corrected chi connectivity index (χ2v) is 21.7. The Morgan fingerprint density at radius 3 is 0.660 bits per heavy atom. The van der Waals surface area contributed by atoms with Gasteiger partial charge in [-0.25, -0.2) is 0 Å². The van der Waals surface area contributed by atoms with Crippen LogP contribution in [0.4, 0.5) is 39.5 Å². The van der Waals surface area contributed by atoms with Gasteiger partial charge < -0.3 is 91.8 Å². The van der Waals surface area contributed by atoms with E-state index < -0.39 is 52.1 Å². The van der Waals surface area contributed by atoms with Gasteiger partial charge in [0.25, 0.3) is 0 Å². The van der Waals surface area contributed by atoms with E-state index in [1.54, 1.807) is 104 Å². The van der Waals surface area contributed by atoms with Crippen LogP contribution in [0.5, 0.6) is 0 Å². The van der Waals surface area contributed by atoms with Crippen LogP contribution >= 0.6 is 18.8 Å². The molecular formula is C61H51Cl2F9N23Pt5-. The summed E-state index contributed by atoms with van der Waals surface area (Å²) < 4.78 is 110. The van der Waals surface area contributed by atoms with E-state index in [9.17, 15) is 39.5 Å². The van der Waals surface area contributed by atoms with Gasteiger partial charge in [-0.3, -0.25) is 24.9 Å². The Kier molecular flexibility index (Phi) is 43.2. The Hall–Kier alpha value is -7.97. The number of hydrogen-bond acceptors (Lipinski definition) is 14. The van der Waals surface area contributed by atoms with Crippen molar-refractivity contribution in [2.24, 2.45) is 0 Å². The van der Waals surface area contributed by atoms with Crippen LogP contribution in [0, 0.1) is 41.5 Å². The number of aryl methyl sites for hydroxylation is 6. The first kappa shape index (κ1) is 90.0. The Morgan fingerprint density at radius 1 is 0.300 bits per heavy atom. The van der Waals surface area contributed by atoms with E-state index in [1.165, 1.54) is 18.6 Å². The number of nitrogens with zero attached hydrogens (tertiary/aromatic N) is 23. The molecule has 0 fully saturated rings. The molecule has 0 saturated carbocycles. The molecule has 0 bridgehead atoms. The summed E-state index contributed by atoms with van der Waals surface area (Å²) in [6.07, 6.45) is 1.13. The molecule has 0 aliphatic rings. The molecular weight excluding hydrogens is 2270 g/mol. The number of rotatable bonds is 5. The third-order valence-electron chi connectivity index (χ3n) is 10.8. The van der Waals surface area contributed by atoms with Crippen molar-refractivity contribution in [2.45, 2.75) is 60.1 Å². The fourth-order valence-corrected chi connectivity index (χ4v) is 6.69. The summed E-state index contributed by atoms with van der Waals surface area (Å²) in [7, 11) is 9.75. The molecule has 0 aliphatic heterocycles. The van der Waals surface area contributed by atoms with E-state index in [0.717, 1.165) is 75.1 Å². The minimum atomic E-state index is -4.46. The van der Waals surface area contributed by atoms with Crippen LogP contribution in [-0.4, -0.2) is 70.8 Å². The van der Waals surface area contributed by atoms with Crippen molar-refractivity contribution in [1.29, 1.82) is 0 Å². The SMILES string of the molecule is Cc1cc(-c2ccccn2)[n-]n1.Cc1cc(-c2ccccn2)[n-]n1.Cc1cc(C)[n-]n1.Cc1cc(C)[n-]n1.FC(F)(F)c1cc(-c2ccccn2)[n-]n1.FC(F)(F)c1cc(-c2ccccn2)[n-]n1.FC(F)(F)c1cc(-c2ccccn2)[n-]n1.[Cl][Pt][Cl].[Pt+2].[Pt+2].[Pt+2].[Pt+2].c1cn[n-]c1.c1cn[n-]c1. The van der Waals surface area contributed by atoms with Gasteiger partial charge >= 0.3 is 138 Å². The molecule has 538 valence electrons. The fourth-order valence-electron chi connectivity index (χ4n) is 6.69. The minimum Gasteiger partial charge on any atom is -0.582 e. The molecule has 0 amide bonds. The molecule has 0 aliphatic carbocycles. The first-order valence-corrected chi connectivity index (χ1v) is 32.8. The molecule has 100 heavy (non-hydrogen) atoms. The molecule has 0 aromatic carbocycles. The first-order chi connectivity index (χ1) is 45.9. The summed E-state index contributed by atoms with van der Waals surface area (Å²) in [5.74, 6) is 0. The van der Waals surface area contributed by atoms with Gasteiger partial charge in [0, 0.05) is 94.6 Å². The van der Waals surface area contributed by atoms with Crippen molar-refractivity contribution in [2.75, 3.05) is 0 Å². The van der Waals surface area contributed by atoms with Gasteiger partial charge in [-0.2, -0.15) is 51.9 Å². The average molecular weight is 2320 g/mol. The summed E-state index contributed by atoms with van der Waals surface area (Å²) in [5, 5.41) is 64.1.